The molecule has 0 aromatic carbocycles. The van der Waals surface area contributed by atoms with E-state index >= 15 is 0 Å². The molecule has 1 rings (SSSR count). The van der Waals surface area contributed by atoms with E-state index in [1.165, 1.54) is 0 Å². The van der Waals surface area contributed by atoms with Crippen molar-refractivity contribution in [3.63, 3.8) is 0 Å². The molecule has 0 aliphatic heterocycles. The van der Waals surface area contributed by atoms with Gasteiger partial charge in [-0.05, 0) is 17.2 Å². The molecule has 6 nitrogen and oxygen atoms in total. The minimum absolute atomic E-state index is 0.0101. The number of hydrogen-bond donors (Lipinski definition) is 2. The molecule has 0 aliphatic carbocycles. The number of carbonyl (C=O) groups is 1. The van der Waals surface area contributed by atoms with Gasteiger partial charge in [-0.25, -0.2) is 4.63 Å². The third-order valence-electron chi connectivity index (χ3n) is 1.07. The highest BCUT2D eigenvalue weighted by Gasteiger charge is 2.13. The minimum Gasteiger partial charge on any atom is -0.379 e. The number of carbonyl (C=O) groups excluding carboxylic acids is 1. The lowest BCUT2D eigenvalue weighted by molar-refractivity contribution is 0.0946. The number of hydrogen-bond acceptors (Lipinski definition) is 5. The number of nitrogen functional groups attached to an aromatic ring is 1. The van der Waals surface area contributed by atoms with Crippen LogP contribution in [0, 0.1) is 0 Å². The highest BCUT2D eigenvalue weighted by atomic mass is 16.6. The Morgan fingerprint density at radius 1 is 1.73 bits per heavy atom. The van der Waals surface area contributed by atoms with Crippen molar-refractivity contribution in [1.29, 1.82) is 0 Å². The highest BCUT2D eigenvalue weighted by molar-refractivity contribution is 5.95. The third kappa shape index (κ3) is 1.46. The Kier molecular flexibility index (Phi) is 2.05. The second-order valence-electron chi connectivity index (χ2n) is 1.86. The van der Waals surface area contributed by atoms with Crippen LogP contribution in [-0.2, 0) is 0 Å². The zero-order chi connectivity index (χ0) is 8.27. The Morgan fingerprint density at radius 2 is 2.45 bits per heavy atom. The van der Waals surface area contributed by atoms with Crippen molar-refractivity contribution >= 4 is 11.7 Å². The largest absolute Gasteiger partial charge is 0.379 e. The van der Waals surface area contributed by atoms with Gasteiger partial charge in [0, 0.05) is 6.54 Å². The summed E-state index contributed by atoms with van der Waals surface area (Å²) in [6.45, 7) is 2.31. The molecule has 6 heteroatoms. The van der Waals surface area contributed by atoms with E-state index in [4.69, 9.17) is 5.73 Å². The third-order valence-corrected chi connectivity index (χ3v) is 1.07. The first-order valence-corrected chi connectivity index (χ1v) is 3.12. The summed E-state index contributed by atoms with van der Waals surface area (Å²) >= 11 is 0. The summed E-state index contributed by atoms with van der Waals surface area (Å²) in [6.07, 6.45) is 0. The Bertz CT molecular complexity index is 257. The molecule has 11 heavy (non-hydrogen) atoms. The number of nitrogens with one attached hydrogen (secondary N) is 1. The maximum absolute atomic E-state index is 11.0. The van der Waals surface area contributed by atoms with Crippen LogP contribution in [-0.4, -0.2) is 22.8 Å². The zero-order valence-electron chi connectivity index (χ0n) is 6.00. The topological polar surface area (TPSA) is 94.0 Å². The van der Waals surface area contributed by atoms with Crippen LogP contribution in [0.2, 0.25) is 0 Å². The summed E-state index contributed by atoms with van der Waals surface area (Å²) in [5.74, 6) is -0.359. The minimum atomic E-state index is -0.369. The van der Waals surface area contributed by atoms with Crippen LogP contribution < -0.4 is 11.1 Å². The molecule has 0 spiro atoms. The molecule has 0 saturated carbocycles. The molecule has 0 unspecified atom stereocenters. The fourth-order valence-electron chi connectivity index (χ4n) is 0.597. The lowest BCUT2D eigenvalue weighted by Crippen LogP contribution is -2.23. The molecule has 0 saturated heterocycles. The second-order valence-corrected chi connectivity index (χ2v) is 1.86. The van der Waals surface area contributed by atoms with E-state index in [-0.39, 0.29) is 17.4 Å². The van der Waals surface area contributed by atoms with E-state index in [2.05, 4.69) is 20.3 Å². The monoisotopic (exact) mass is 156 g/mol. The van der Waals surface area contributed by atoms with Gasteiger partial charge in [0.2, 0.25) is 11.5 Å². The number of nitrogens with zero attached hydrogens (tertiary/aromatic N) is 2. The van der Waals surface area contributed by atoms with Gasteiger partial charge in [0.05, 0.1) is 0 Å². The molecule has 0 bridgehead atoms. The van der Waals surface area contributed by atoms with Gasteiger partial charge in [-0.3, -0.25) is 4.79 Å². The molecular weight excluding hydrogens is 148 g/mol. The van der Waals surface area contributed by atoms with Crippen LogP contribution in [0.25, 0.3) is 0 Å². The van der Waals surface area contributed by atoms with Crippen LogP contribution in [0.1, 0.15) is 17.4 Å². The van der Waals surface area contributed by atoms with Gasteiger partial charge >= 0.3 is 0 Å². The van der Waals surface area contributed by atoms with Gasteiger partial charge in [-0.2, -0.15) is 0 Å². The van der Waals surface area contributed by atoms with Crippen LogP contribution in [0.4, 0.5) is 5.82 Å². The molecule has 0 atom stereocenters. The quantitative estimate of drug-likeness (QED) is 0.596. The Labute approximate surface area is 62.7 Å². The number of anilines is 1. The van der Waals surface area contributed by atoms with E-state index < -0.39 is 0 Å². The van der Waals surface area contributed by atoms with Crippen molar-refractivity contribution in [3.8, 4) is 0 Å². The van der Waals surface area contributed by atoms with Crippen molar-refractivity contribution in [1.82, 2.24) is 15.6 Å². The van der Waals surface area contributed by atoms with E-state index in [9.17, 15) is 4.79 Å². The van der Waals surface area contributed by atoms with E-state index in [0.717, 1.165) is 0 Å². The molecule has 3 N–H and O–H groups in total. The van der Waals surface area contributed by atoms with Gasteiger partial charge < -0.3 is 11.1 Å². The summed E-state index contributed by atoms with van der Waals surface area (Å²) in [5.41, 5.74) is 5.28. The molecule has 1 heterocycles. The molecule has 1 aromatic heterocycles. The van der Waals surface area contributed by atoms with Crippen molar-refractivity contribution in [2.24, 2.45) is 0 Å². The summed E-state index contributed by atoms with van der Waals surface area (Å²) in [7, 11) is 0. The summed E-state index contributed by atoms with van der Waals surface area (Å²) < 4.78 is 4.23. The zero-order valence-corrected chi connectivity index (χ0v) is 6.00. The summed E-state index contributed by atoms with van der Waals surface area (Å²) in [6, 6.07) is 0. The molecule has 0 radical (unpaired) electrons. The molecule has 60 valence electrons. The Hall–Kier alpha value is -1.59. The van der Waals surface area contributed by atoms with E-state index in [1.807, 2.05) is 0 Å². The van der Waals surface area contributed by atoms with E-state index in [1.54, 1.807) is 6.92 Å². The van der Waals surface area contributed by atoms with Gasteiger partial charge in [0.25, 0.3) is 5.91 Å². The molecule has 0 aliphatic rings. The Morgan fingerprint density at radius 3 is 2.91 bits per heavy atom. The highest BCUT2D eigenvalue weighted by Crippen LogP contribution is 2.02. The average Bonchev–Trinajstić information content (AvgIpc) is 2.36. The predicted octanol–water partition coefficient (Wildman–Crippen LogP) is -0.599. The van der Waals surface area contributed by atoms with Crippen molar-refractivity contribution in [3.05, 3.63) is 5.69 Å². The first-order valence-electron chi connectivity index (χ1n) is 3.12. The number of amides is 1. The molecule has 1 aromatic rings. The van der Waals surface area contributed by atoms with Gasteiger partial charge in [0.15, 0.2) is 0 Å². The molecular formula is C5H8N4O2. The smallest absolute Gasteiger partial charge is 0.277 e. The van der Waals surface area contributed by atoms with E-state index in [0.29, 0.717) is 6.54 Å². The Balaban J connectivity index is 2.76. The van der Waals surface area contributed by atoms with Crippen LogP contribution >= 0.6 is 0 Å². The maximum Gasteiger partial charge on any atom is 0.277 e. The maximum atomic E-state index is 11.0. The fourth-order valence-corrected chi connectivity index (χ4v) is 0.597. The number of rotatable bonds is 2. The standard InChI is InChI=1S/C5H8N4O2/c1-2-7-5(10)3-4(6)9-11-8-3/h2H2,1H3,(H2,6,9)(H,7,10). The first kappa shape index (κ1) is 7.52. The summed E-state index contributed by atoms with van der Waals surface area (Å²) in [4.78, 5) is 11.0. The first-order chi connectivity index (χ1) is 5.25. The molecule has 1 amide bonds. The van der Waals surface area contributed by atoms with Crippen molar-refractivity contribution < 1.29 is 9.42 Å². The fraction of sp³-hybridized carbons (Fsp3) is 0.400. The normalized spacial score (nSPS) is 9.55. The van der Waals surface area contributed by atoms with Crippen LogP contribution in [0.3, 0.4) is 0 Å². The average molecular weight is 156 g/mol. The van der Waals surface area contributed by atoms with Crippen molar-refractivity contribution in [2.75, 3.05) is 12.3 Å². The number of nitrogens with two attached hydrogens (primary N) is 1. The van der Waals surface area contributed by atoms with Crippen molar-refractivity contribution in [2.45, 2.75) is 6.92 Å². The van der Waals surface area contributed by atoms with Crippen LogP contribution in [0.5, 0.6) is 0 Å². The van der Waals surface area contributed by atoms with Gasteiger partial charge in [-0.15, -0.1) is 0 Å². The summed E-state index contributed by atoms with van der Waals surface area (Å²) in [5, 5.41) is 9.07. The van der Waals surface area contributed by atoms with Crippen LogP contribution in [0.15, 0.2) is 4.63 Å². The lowest BCUT2D eigenvalue weighted by atomic mass is 10.4. The molecule has 0 fully saturated rings. The predicted molar refractivity (Wildman–Crippen MR) is 36.7 cm³/mol. The lowest BCUT2D eigenvalue weighted by Gasteiger charge is -1.95. The van der Waals surface area contributed by atoms with Gasteiger partial charge in [0.1, 0.15) is 0 Å². The number of aromatic nitrogens is 2. The van der Waals surface area contributed by atoms with Gasteiger partial charge in [-0.1, -0.05) is 0 Å². The second kappa shape index (κ2) is 3.00. The SMILES string of the molecule is CCNC(=O)c1nonc1N.